The number of carbonyl (C=O) groups is 7. The van der Waals surface area contributed by atoms with Gasteiger partial charge in [0, 0.05) is 19.9 Å². The number of esters is 1. The van der Waals surface area contributed by atoms with Gasteiger partial charge in [0.1, 0.15) is 48.6 Å². The third-order valence-corrected chi connectivity index (χ3v) is 9.66. The highest BCUT2D eigenvalue weighted by Crippen LogP contribution is 2.40. The lowest BCUT2D eigenvalue weighted by atomic mass is 9.98. The molecular formula is C34H57N8O14P. The summed E-state index contributed by atoms with van der Waals surface area (Å²) in [6.07, 6.45) is 2.31. The van der Waals surface area contributed by atoms with Gasteiger partial charge in [0.05, 0.1) is 24.7 Å². The molecule has 9 N–H and O–H groups in total. The summed E-state index contributed by atoms with van der Waals surface area (Å²) in [5.41, 5.74) is 4.84. The Morgan fingerprint density at radius 2 is 1.63 bits per heavy atom. The number of amides is 6. The number of hydrogen-bond donors (Lipinski definition) is 8. The second-order valence-electron chi connectivity index (χ2n) is 15.0. The Morgan fingerprint density at radius 3 is 2.19 bits per heavy atom. The standard InChI is InChI=1S/C34H57N8O14P/c1-19(2)13-23(38-32(50)26-9-8-10-42(26)21(4)45)29(47)37-24(14-22-15-41(11-12-43)17-36-22)30(48)39-25(16-44)31(49)40-27(28(35)46)20(3)56-57(52,53)55-18-54-33(51)34(5,6)7/h15,17,19-20,23-27,43-44H,8-14,16,18H2,1-7H3,(H7,35,37,38,39,40,46,47,48,49,50,52,53)/t20-,23+,24+,25+,26+,27+/m1/s1. The highest BCUT2D eigenvalue weighted by Gasteiger charge is 2.37. The van der Waals surface area contributed by atoms with E-state index in [1.165, 1.54) is 38.9 Å². The molecule has 0 bridgehead atoms. The van der Waals surface area contributed by atoms with Gasteiger partial charge in [-0.2, -0.15) is 0 Å². The molecule has 6 amide bonds. The van der Waals surface area contributed by atoms with E-state index in [9.17, 15) is 53.2 Å². The summed E-state index contributed by atoms with van der Waals surface area (Å²) in [7, 11) is -5.26. The topological polar surface area (TPSA) is 325 Å². The Hall–Kier alpha value is -4.47. The predicted octanol–water partition coefficient (Wildman–Crippen LogP) is -3.25. The fourth-order valence-corrected chi connectivity index (χ4v) is 6.45. The quantitative estimate of drug-likeness (QED) is 0.0246. The summed E-state index contributed by atoms with van der Waals surface area (Å²) in [6.45, 7) is 8.91. The van der Waals surface area contributed by atoms with Gasteiger partial charge in [-0.25, -0.2) is 9.55 Å². The maximum Gasteiger partial charge on any atom is 0.313 e. The molecule has 0 spiro atoms. The maximum atomic E-state index is 13.8. The van der Waals surface area contributed by atoms with Gasteiger partial charge in [0.15, 0.2) is 6.79 Å². The van der Waals surface area contributed by atoms with Crippen LogP contribution in [0, 0.1) is 11.3 Å². The molecule has 1 unspecified atom stereocenters. The molecule has 23 heteroatoms. The minimum Gasteiger partial charge on any atom is -0.756 e. The van der Waals surface area contributed by atoms with Crippen molar-refractivity contribution in [2.24, 2.45) is 17.1 Å². The fraction of sp³-hybridized carbons (Fsp3) is 0.706. The van der Waals surface area contributed by atoms with Gasteiger partial charge < -0.3 is 56.3 Å². The average Bonchev–Trinajstić information content (AvgIpc) is 3.78. The maximum absolute atomic E-state index is 13.8. The number of H-pyrrole nitrogens is 1. The van der Waals surface area contributed by atoms with Crippen LogP contribution in [0.5, 0.6) is 0 Å². The zero-order valence-corrected chi connectivity index (χ0v) is 34.2. The first-order chi connectivity index (χ1) is 26.5. The van der Waals surface area contributed by atoms with E-state index in [0.29, 0.717) is 25.1 Å². The fourth-order valence-electron chi connectivity index (χ4n) is 5.68. The number of aliphatic hydroxyl groups is 2. The summed E-state index contributed by atoms with van der Waals surface area (Å²) in [6, 6.07) is -7.02. The van der Waals surface area contributed by atoms with Crippen molar-refractivity contribution in [1.29, 1.82) is 0 Å². The SMILES string of the molecule is CC(=O)N1CCC[C@H]1C(=O)N[C@@H](CC(C)C)C(=O)N[C@@H](Cc1c[n+](CCO)c[nH]1)C(=O)N[C@@H](CO)C(=O)N[C@H](C(N)=O)[C@@H](C)OP(=O)([O-])OCOC(=O)C(C)(C)C. The molecule has 1 saturated heterocycles. The van der Waals surface area contributed by atoms with Crippen molar-refractivity contribution in [3.8, 4) is 0 Å². The molecule has 0 saturated carbocycles. The third-order valence-electron chi connectivity index (χ3n) is 8.65. The smallest absolute Gasteiger partial charge is 0.313 e. The van der Waals surface area contributed by atoms with Gasteiger partial charge in [0.2, 0.25) is 41.8 Å². The number of nitrogens with zero attached hydrogens (tertiary/aromatic N) is 2. The van der Waals surface area contributed by atoms with E-state index in [2.05, 4.69) is 30.8 Å². The second kappa shape index (κ2) is 21.9. The van der Waals surface area contributed by atoms with E-state index >= 15 is 0 Å². The summed E-state index contributed by atoms with van der Waals surface area (Å²) < 4.78 is 28.1. The molecular weight excluding hydrogens is 775 g/mol. The number of imidazole rings is 1. The van der Waals surface area contributed by atoms with Crippen molar-refractivity contribution in [2.45, 2.75) is 117 Å². The Kier molecular flexibility index (Phi) is 18.7. The minimum atomic E-state index is -5.26. The number of nitrogens with two attached hydrogens (primary N) is 1. The van der Waals surface area contributed by atoms with E-state index in [1.807, 2.05) is 13.8 Å². The van der Waals surface area contributed by atoms with Gasteiger partial charge in [-0.3, -0.25) is 42.7 Å². The molecule has 0 aromatic carbocycles. The van der Waals surface area contributed by atoms with Crippen LogP contribution in [-0.4, -0.2) is 124 Å². The Morgan fingerprint density at radius 1 is 1.02 bits per heavy atom. The molecule has 22 nitrogen and oxygen atoms in total. The number of aromatic amines is 1. The van der Waals surface area contributed by atoms with Crippen molar-refractivity contribution in [3.05, 3.63) is 18.2 Å². The van der Waals surface area contributed by atoms with Crippen LogP contribution in [0.4, 0.5) is 0 Å². The van der Waals surface area contributed by atoms with Crippen LogP contribution in [0.15, 0.2) is 12.5 Å². The highest BCUT2D eigenvalue weighted by molar-refractivity contribution is 7.45. The zero-order chi connectivity index (χ0) is 43.2. The Bertz CT molecular complexity index is 1630. The molecule has 0 aliphatic carbocycles. The van der Waals surface area contributed by atoms with Crippen LogP contribution in [0.3, 0.4) is 0 Å². The molecule has 1 fully saturated rings. The summed E-state index contributed by atoms with van der Waals surface area (Å²) in [4.78, 5) is 107. The first-order valence-corrected chi connectivity index (χ1v) is 19.8. The molecule has 1 aliphatic heterocycles. The number of nitrogens with one attached hydrogen (secondary N) is 5. The van der Waals surface area contributed by atoms with Gasteiger partial charge in [-0.1, -0.05) is 13.8 Å². The molecule has 2 heterocycles. The highest BCUT2D eigenvalue weighted by atomic mass is 31.2. The third kappa shape index (κ3) is 15.8. The van der Waals surface area contributed by atoms with Crippen LogP contribution in [0.1, 0.15) is 73.4 Å². The zero-order valence-electron chi connectivity index (χ0n) is 33.3. The number of aromatic nitrogens is 2. The summed E-state index contributed by atoms with van der Waals surface area (Å²) >= 11 is 0. The number of hydrogen-bond acceptors (Lipinski definition) is 14. The number of phosphoric acid groups is 1. The van der Waals surface area contributed by atoms with Gasteiger partial charge >= 0.3 is 5.97 Å². The number of aliphatic hydroxyl groups excluding tert-OH is 2. The first kappa shape index (κ1) is 48.7. The van der Waals surface area contributed by atoms with Crippen LogP contribution >= 0.6 is 7.82 Å². The van der Waals surface area contributed by atoms with E-state index in [1.54, 1.807) is 10.8 Å². The normalized spacial score (nSPS) is 18.0. The van der Waals surface area contributed by atoms with Crippen LogP contribution in [0.2, 0.25) is 0 Å². The predicted molar refractivity (Wildman–Crippen MR) is 195 cm³/mol. The first-order valence-electron chi connectivity index (χ1n) is 18.4. The molecule has 57 heavy (non-hydrogen) atoms. The molecule has 0 radical (unpaired) electrons. The van der Waals surface area contributed by atoms with Crippen molar-refractivity contribution < 1.29 is 71.6 Å². The Labute approximate surface area is 330 Å². The Balaban J connectivity index is 2.26. The number of carbonyl (C=O) groups excluding carboxylic acids is 7. The molecule has 1 aliphatic rings. The number of ether oxygens (including phenoxy) is 1. The lowest BCUT2D eigenvalue weighted by Gasteiger charge is -2.31. The van der Waals surface area contributed by atoms with Gasteiger partial charge in [-0.05, 0) is 52.9 Å². The average molecular weight is 833 g/mol. The van der Waals surface area contributed by atoms with Gasteiger partial charge in [0.25, 0.3) is 7.82 Å². The molecule has 322 valence electrons. The van der Waals surface area contributed by atoms with Crippen LogP contribution < -0.4 is 36.5 Å². The lowest BCUT2D eigenvalue weighted by molar-refractivity contribution is -0.697. The van der Waals surface area contributed by atoms with E-state index in [4.69, 9.17) is 15.0 Å². The molecule has 1 aromatic rings. The van der Waals surface area contributed by atoms with Crippen molar-refractivity contribution in [3.63, 3.8) is 0 Å². The second-order valence-corrected chi connectivity index (χ2v) is 16.4. The van der Waals surface area contributed by atoms with E-state index in [-0.39, 0.29) is 37.8 Å². The van der Waals surface area contributed by atoms with Crippen molar-refractivity contribution in [2.75, 3.05) is 26.6 Å². The van der Waals surface area contributed by atoms with Crippen LogP contribution in [-0.2, 0) is 64.9 Å². The number of rotatable bonds is 22. The number of phosphoric ester groups is 1. The number of likely N-dealkylation sites (tertiary alicyclic amines) is 1. The summed E-state index contributed by atoms with van der Waals surface area (Å²) in [5, 5.41) is 29.2. The van der Waals surface area contributed by atoms with E-state index in [0.717, 1.165) is 6.92 Å². The minimum absolute atomic E-state index is 0.109. The summed E-state index contributed by atoms with van der Waals surface area (Å²) in [5.74, 6) is -5.94. The molecule has 7 atom stereocenters. The molecule has 1 aromatic heterocycles. The van der Waals surface area contributed by atoms with Gasteiger partial charge in [-0.15, -0.1) is 0 Å². The van der Waals surface area contributed by atoms with Crippen LogP contribution in [0.25, 0.3) is 0 Å². The van der Waals surface area contributed by atoms with Crippen molar-refractivity contribution >= 4 is 49.2 Å². The molecule has 2 rings (SSSR count). The lowest BCUT2D eigenvalue weighted by Crippen LogP contribution is -2.61. The monoisotopic (exact) mass is 832 g/mol. The number of primary amides is 1. The van der Waals surface area contributed by atoms with Crippen molar-refractivity contribution in [1.82, 2.24) is 31.2 Å². The largest absolute Gasteiger partial charge is 0.756 e. The van der Waals surface area contributed by atoms with E-state index < -0.39 is 98.5 Å².